The lowest BCUT2D eigenvalue weighted by atomic mass is 10.0. The minimum atomic E-state index is -0.267. The molecule has 0 aromatic heterocycles. The van der Waals surface area contributed by atoms with Crippen LogP contribution in [0.25, 0.3) is 0 Å². The monoisotopic (exact) mass is 489 g/mol. The Kier molecular flexibility index (Phi) is 8.47. The van der Waals surface area contributed by atoms with Crippen LogP contribution in [-0.2, 0) is 17.9 Å². The second-order valence-corrected chi connectivity index (χ2v) is 9.88. The molecule has 0 aliphatic carbocycles. The Hall–Kier alpha value is -3.54. The van der Waals surface area contributed by atoms with Gasteiger partial charge in [-0.25, -0.2) is 4.39 Å². The molecule has 0 saturated carbocycles. The highest BCUT2D eigenvalue weighted by Gasteiger charge is 2.27. The van der Waals surface area contributed by atoms with Crippen LogP contribution in [0.1, 0.15) is 37.8 Å². The van der Waals surface area contributed by atoms with Gasteiger partial charge in [-0.3, -0.25) is 4.79 Å². The molecule has 3 aromatic rings. The molecular formula is C30H36FN3O2. The first-order valence-electron chi connectivity index (χ1n) is 12.7. The summed E-state index contributed by atoms with van der Waals surface area (Å²) in [6.07, 6.45) is 1.20. The van der Waals surface area contributed by atoms with Crippen LogP contribution in [0.15, 0.2) is 72.8 Å². The van der Waals surface area contributed by atoms with Gasteiger partial charge in [0, 0.05) is 50.0 Å². The van der Waals surface area contributed by atoms with Crippen molar-refractivity contribution in [3.63, 3.8) is 0 Å². The third kappa shape index (κ3) is 6.56. The molecule has 0 unspecified atom stereocenters. The van der Waals surface area contributed by atoms with E-state index in [0.717, 1.165) is 34.7 Å². The van der Waals surface area contributed by atoms with Gasteiger partial charge in [-0.1, -0.05) is 50.2 Å². The van der Waals surface area contributed by atoms with Crippen LogP contribution in [0.3, 0.4) is 0 Å². The van der Waals surface area contributed by atoms with E-state index < -0.39 is 0 Å². The smallest absolute Gasteiger partial charge is 0.225 e. The predicted molar refractivity (Wildman–Crippen MR) is 144 cm³/mol. The van der Waals surface area contributed by atoms with Gasteiger partial charge in [0.05, 0.1) is 6.04 Å². The maximum Gasteiger partial charge on any atom is 0.225 e. The molecule has 0 fully saturated rings. The van der Waals surface area contributed by atoms with Crippen LogP contribution >= 0.6 is 0 Å². The number of halogens is 1. The molecule has 0 spiro atoms. The Bertz CT molecular complexity index is 1150. The van der Waals surface area contributed by atoms with E-state index in [-0.39, 0.29) is 17.8 Å². The molecule has 1 aliphatic heterocycles. The number of nitrogens with one attached hydrogen (secondary N) is 1. The first-order valence-corrected chi connectivity index (χ1v) is 12.7. The molecule has 4 rings (SSSR count). The van der Waals surface area contributed by atoms with E-state index in [4.69, 9.17) is 4.74 Å². The van der Waals surface area contributed by atoms with E-state index in [1.54, 1.807) is 12.1 Å². The zero-order chi connectivity index (χ0) is 25.5. The van der Waals surface area contributed by atoms with Crippen LogP contribution in [0.5, 0.6) is 5.75 Å². The molecule has 1 atom stereocenters. The van der Waals surface area contributed by atoms with Crippen molar-refractivity contribution < 1.29 is 13.9 Å². The fourth-order valence-electron chi connectivity index (χ4n) is 4.66. The summed E-state index contributed by atoms with van der Waals surface area (Å²) in [6.45, 7) is 6.51. The van der Waals surface area contributed by atoms with E-state index in [1.807, 2.05) is 47.2 Å². The summed E-state index contributed by atoms with van der Waals surface area (Å²) in [5, 5.41) is 3.55. The van der Waals surface area contributed by atoms with Crippen molar-refractivity contribution in [1.29, 1.82) is 0 Å². The van der Waals surface area contributed by atoms with Crippen LogP contribution in [0.4, 0.5) is 15.8 Å². The Balaban J connectivity index is 1.60. The van der Waals surface area contributed by atoms with E-state index in [1.165, 1.54) is 12.1 Å². The summed E-state index contributed by atoms with van der Waals surface area (Å²) < 4.78 is 19.7. The summed E-state index contributed by atoms with van der Waals surface area (Å²) in [7, 11) is 1.93. The van der Waals surface area contributed by atoms with Gasteiger partial charge >= 0.3 is 0 Å². The minimum Gasteiger partial charge on any atom is -0.491 e. The number of hydrogen-bond donors (Lipinski definition) is 1. The fraction of sp³-hybridized carbons (Fsp3) is 0.367. The maximum absolute atomic E-state index is 13.7. The zero-order valence-electron chi connectivity index (χ0n) is 21.4. The Labute approximate surface area is 213 Å². The highest BCUT2D eigenvalue weighted by molar-refractivity contribution is 5.77. The molecule has 6 heteroatoms. The molecule has 0 saturated heterocycles. The first kappa shape index (κ1) is 25.5. The molecule has 3 aromatic carbocycles. The van der Waals surface area contributed by atoms with Gasteiger partial charge in [0.25, 0.3) is 0 Å². The fourth-order valence-corrected chi connectivity index (χ4v) is 4.66. The summed E-state index contributed by atoms with van der Waals surface area (Å²) in [4.78, 5) is 17.7. The lowest BCUT2D eigenvalue weighted by Gasteiger charge is -2.34. The minimum absolute atomic E-state index is 0.0622. The molecule has 0 radical (unpaired) electrons. The number of ether oxygens (including phenoxy) is 1. The number of anilines is 2. The van der Waals surface area contributed by atoms with Crippen molar-refractivity contribution in [1.82, 2.24) is 4.90 Å². The second-order valence-electron chi connectivity index (χ2n) is 9.88. The number of carbonyl (C=O) groups is 1. The molecule has 5 nitrogen and oxygen atoms in total. The topological polar surface area (TPSA) is 44.8 Å². The first-order chi connectivity index (χ1) is 17.4. The van der Waals surface area contributed by atoms with E-state index >= 15 is 0 Å². The lowest BCUT2D eigenvalue weighted by molar-refractivity contribution is -0.135. The summed E-state index contributed by atoms with van der Waals surface area (Å²) >= 11 is 0. The Morgan fingerprint density at radius 2 is 1.75 bits per heavy atom. The molecule has 1 aliphatic rings. The highest BCUT2D eigenvalue weighted by Crippen LogP contribution is 2.27. The number of hydrogen-bond acceptors (Lipinski definition) is 4. The van der Waals surface area contributed by atoms with Crippen molar-refractivity contribution in [3.8, 4) is 5.75 Å². The number of carbonyl (C=O) groups excluding carboxylic acids is 1. The Morgan fingerprint density at radius 3 is 2.50 bits per heavy atom. The standard InChI is InChI=1S/C30H36FN3O2/c1-22(2)18-27-21-36-29-11-7-5-8-23(29)19-32-28-10-6-4-9-24(28)20-34(27)30(35)16-17-33(3)26-14-12-25(31)13-15-26/h4-15,22,27,32H,16-21H2,1-3H3/t27-/m0/s1. The van der Waals surface area contributed by atoms with Gasteiger partial charge in [-0.05, 0) is 54.3 Å². The predicted octanol–water partition coefficient (Wildman–Crippen LogP) is 6.10. The molecule has 1 amide bonds. The van der Waals surface area contributed by atoms with Crippen LogP contribution < -0.4 is 15.0 Å². The van der Waals surface area contributed by atoms with Gasteiger partial charge < -0.3 is 19.9 Å². The van der Waals surface area contributed by atoms with Crippen molar-refractivity contribution >= 4 is 17.3 Å². The highest BCUT2D eigenvalue weighted by atomic mass is 19.1. The number of benzene rings is 3. The third-order valence-electron chi connectivity index (χ3n) is 6.66. The van der Waals surface area contributed by atoms with Gasteiger partial charge in [-0.15, -0.1) is 0 Å². The lowest BCUT2D eigenvalue weighted by Crippen LogP contribution is -2.45. The van der Waals surface area contributed by atoms with Crippen molar-refractivity contribution in [2.24, 2.45) is 5.92 Å². The van der Waals surface area contributed by atoms with E-state index in [0.29, 0.717) is 38.6 Å². The van der Waals surface area contributed by atoms with Crippen molar-refractivity contribution in [2.75, 3.05) is 30.4 Å². The molecule has 190 valence electrons. The van der Waals surface area contributed by atoms with Crippen LogP contribution in [-0.4, -0.2) is 37.0 Å². The van der Waals surface area contributed by atoms with Gasteiger partial charge in [-0.2, -0.15) is 0 Å². The average molecular weight is 490 g/mol. The molecule has 0 bridgehead atoms. The number of fused-ring (bicyclic) bond motifs is 2. The van der Waals surface area contributed by atoms with Gasteiger partial charge in [0.2, 0.25) is 5.91 Å². The van der Waals surface area contributed by atoms with Crippen LogP contribution in [0, 0.1) is 11.7 Å². The number of para-hydroxylation sites is 2. The number of nitrogens with zero attached hydrogens (tertiary/aromatic N) is 2. The second kappa shape index (κ2) is 11.9. The van der Waals surface area contributed by atoms with Gasteiger partial charge in [0.15, 0.2) is 0 Å². The number of amides is 1. The van der Waals surface area contributed by atoms with Crippen molar-refractivity contribution in [3.05, 3.63) is 89.7 Å². The SMILES string of the molecule is CC(C)C[C@H]1COc2ccccc2CNc2ccccc2CN1C(=O)CCN(C)c1ccc(F)cc1. The summed E-state index contributed by atoms with van der Waals surface area (Å²) in [5.41, 5.74) is 4.09. The third-order valence-corrected chi connectivity index (χ3v) is 6.66. The van der Waals surface area contributed by atoms with E-state index in [9.17, 15) is 9.18 Å². The Morgan fingerprint density at radius 1 is 1.06 bits per heavy atom. The van der Waals surface area contributed by atoms with Crippen LogP contribution in [0.2, 0.25) is 0 Å². The summed E-state index contributed by atoms with van der Waals surface area (Å²) in [6, 6.07) is 22.6. The number of rotatable bonds is 6. The molecular weight excluding hydrogens is 453 g/mol. The molecule has 1 heterocycles. The molecule has 1 N–H and O–H groups in total. The normalized spacial score (nSPS) is 15.7. The molecule has 36 heavy (non-hydrogen) atoms. The average Bonchev–Trinajstić information content (AvgIpc) is 2.90. The maximum atomic E-state index is 13.7. The zero-order valence-corrected chi connectivity index (χ0v) is 21.4. The summed E-state index contributed by atoms with van der Waals surface area (Å²) in [5.74, 6) is 1.07. The largest absolute Gasteiger partial charge is 0.491 e. The van der Waals surface area contributed by atoms with E-state index in [2.05, 4.69) is 37.4 Å². The van der Waals surface area contributed by atoms with Crippen molar-refractivity contribution in [2.45, 2.75) is 45.8 Å². The quantitative estimate of drug-likeness (QED) is 0.454. The van der Waals surface area contributed by atoms with Gasteiger partial charge in [0.1, 0.15) is 18.2 Å².